The summed E-state index contributed by atoms with van der Waals surface area (Å²) in [6, 6.07) is 0. The summed E-state index contributed by atoms with van der Waals surface area (Å²) < 4.78 is 21.1. The van der Waals surface area contributed by atoms with Crippen molar-refractivity contribution < 1.29 is 43.2 Å². The van der Waals surface area contributed by atoms with Gasteiger partial charge in [-0.15, -0.1) is 0 Å². The average Bonchev–Trinajstić information content (AvgIpc) is 3.08. The maximum Gasteiger partial charge on any atom is 0.351 e. The second-order valence-electron chi connectivity index (χ2n) is 8.47. The van der Waals surface area contributed by atoms with Crippen LogP contribution in [0.25, 0.3) is 0 Å². The van der Waals surface area contributed by atoms with Crippen molar-refractivity contribution in [3.8, 4) is 0 Å². The highest BCUT2D eigenvalue weighted by molar-refractivity contribution is 5.95. The first-order valence-corrected chi connectivity index (χ1v) is 8.42. The molecule has 6 atom stereocenters. The van der Waals surface area contributed by atoms with E-state index in [1.165, 1.54) is 0 Å². The van der Waals surface area contributed by atoms with Gasteiger partial charge in [0.15, 0.2) is 0 Å². The summed E-state index contributed by atoms with van der Waals surface area (Å²) in [6.07, 6.45) is -4.51. The lowest BCUT2D eigenvalue weighted by Gasteiger charge is -2.50. The van der Waals surface area contributed by atoms with E-state index >= 15 is 0 Å². The number of hydrogen-bond donors (Lipinski definition) is 1. The molecule has 1 unspecified atom stereocenters. The van der Waals surface area contributed by atoms with E-state index in [4.69, 9.17) is 18.9 Å². The van der Waals surface area contributed by atoms with Crippen LogP contribution in [0.5, 0.6) is 0 Å². The van der Waals surface area contributed by atoms with E-state index in [2.05, 4.69) is 0 Å². The van der Waals surface area contributed by atoms with E-state index < -0.39 is 64.2 Å². The standard InChI is InChI=1S/C17H20O9/c1-7(18)23-10-11(20)25-13-17(10)15(12(21)26-13)6-9(19)24-8(15)5-16(17,22)14(2,3)4/h8,10,13,22H,5-6H2,1-4H3/t8-,10-,13?,15-,16+,17+/m0/s1. The molecule has 2 spiro atoms. The van der Waals surface area contributed by atoms with Crippen LogP contribution in [-0.2, 0) is 38.1 Å². The highest BCUT2D eigenvalue weighted by Crippen LogP contribution is 2.75. The summed E-state index contributed by atoms with van der Waals surface area (Å²) in [5.41, 5.74) is -6.04. The number of rotatable bonds is 1. The Hall–Kier alpha value is -2.16. The zero-order valence-corrected chi connectivity index (χ0v) is 14.9. The molecule has 142 valence electrons. The van der Waals surface area contributed by atoms with Gasteiger partial charge in [-0.1, -0.05) is 20.8 Å². The number of esters is 4. The van der Waals surface area contributed by atoms with Crippen molar-refractivity contribution in [1.82, 2.24) is 0 Å². The highest BCUT2D eigenvalue weighted by Gasteiger charge is 2.93. The molecule has 1 saturated carbocycles. The van der Waals surface area contributed by atoms with Crippen LogP contribution in [0, 0.1) is 16.2 Å². The van der Waals surface area contributed by atoms with Gasteiger partial charge in [0.1, 0.15) is 16.9 Å². The molecule has 3 aliphatic heterocycles. The van der Waals surface area contributed by atoms with Gasteiger partial charge in [0.05, 0.1) is 12.0 Å². The number of carbonyl (C=O) groups excluding carboxylic acids is 4. The topological polar surface area (TPSA) is 125 Å². The minimum atomic E-state index is -1.77. The van der Waals surface area contributed by atoms with E-state index in [9.17, 15) is 24.3 Å². The molecular formula is C17H20O9. The lowest BCUT2D eigenvalue weighted by Crippen LogP contribution is -2.65. The van der Waals surface area contributed by atoms with Crippen LogP contribution in [0.15, 0.2) is 0 Å². The number of carbonyl (C=O) groups is 4. The van der Waals surface area contributed by atoms with Crippen molar-refractivity contribution in [2.75, 3.05) is 0 Å². The Morgan fingerprint density at radius 3 is 2.42 bits per heavy atom. The second-order valence-corrected chi connectivity index (χ2v) is 8.47. The Kier molecular flexibility index (Phi) is 3.03. The number of hydrogen-bond acceptors (Lipinski definition) is 9. The molecule has 0 amide bonds. The van der Waals surface area contributed by atoms with E-state index in [1.807, 2.05) is 0 Å². The second kappa shape index (κ2) is 4.57. The van der Waals surface area contributed by atoms with Crippen LogP contribution in [0.4, 0.5) is 0 Å². The van der Waals surface area contributed by atoms with Crippen LogP contribution in [0.1, 0.15) is 40.5 Å². The first-order chi connectivity index (χ1) is 11.9. The fraction of sp³-hybridized carbons (Fsp3) is 0.765. The quantitative estimate of drug-likeness (QED) is 0.496. The molecule has 4 rings (SSSR count). The fourth-order valence-electron chi connectivity index (χ4n) is 5.43. The summed E-state index contributed by atoms with van der Waals surface area (Å²) in [7, 11) is 0. The first kappa shape index (κ1) is 17.3. The van der Waals surface area contributed by atoms with Crippen molar-refractivity contribution in [2.24, 2.45) is 16.2 Å². The van der Waals surface area contributed by atoms with Gasteiger partial charge in [-0.3, -0.25) is 14.4 Å². The molecule has 0 aromatic carbocycles. The van der Waals surface area contributed by atoms with Gasteiger partial charge in [0.25, 0.3) is 6.29 Å². The maximum absolute atomic E-state index is 12.9. The Morgan fingerprint density at radius 1 is 1.19 bits per heavy atom. The molecule has 0 aromatic heterocycles. The molecule has 0 radical (unpaired) electrons. The molecule has 1 aliphatic carbocycles. The van der Waals surface area contributed by atoms with Gasteiger partial charge < -0.3 is 24.1 Å². The largest absolute Gasteiger partial charge is 0.461 e. The zero-order chi connectivity index (χ0) is 19.3. The summed E-state index contributed by atoms with van der Waals surface area (Å²) in [5, 5.41) is 11.8. The first-order valence-electron chi connectivity index (χ1n) is 8.42. The van der Waals surface area contributed by atoms with Gasteiger partial charge in [0, 0.05) is 13.3 Å². The highest BCUT2D eigenvalue weighted by atomic mass is 16.7. The van der Waals surface area contributed by atoms with E-state index in [-0.39, 0.29) is 12.8 Å². The van der Waals surface area contributed by atoms with E-state index in [0.29, 0.717) is 0 Å². The lowest BCUT2D eigenvalue weighted by atomic mass is 9.52. The molecule has 4 aliphatic rings. The van der Waals surface area contributed by atoms with Crippen LogP contribution in [0.3, 0.4) is 0 Å². The Balaban J connectivity index is 2.04. The van der Waals surface area contributed by atoms with Crippen LogP contribution < -0.4 is 0 Å². The summed E-state index contributed by atoms with van der Waals surface area (Å²) in [6.45, 7) is 6.30. The number of ether oxygens (including phenoxy) is 4. The normalized spacial score (nSPS) is 46.2. The van der Waals surface area contributed by atoms with Crippen LogP contribution in [0.2, 0.25) is 0 Å². The minimum absolute atomic E-state index is 0.0950. The SMILES string of the molecule is CC(=O)O[C@H]1C(=O)OC2OC(=O)[C@]34CC(=O)O[C@H]3C[C@@](O)(C(C)(C)C)[C@@]214. The van der Waals surface area contributed by atoms with Crippen molar-refractivity contribution in [2.45, 2.75) is 64.6 Å². The molecule has 0 bridgehead atoms. The summed E-state index contributed by atoms with van der Waals surface area (Å²) in [5.74, 6) is -3.12. The van der Waals surface area contributed by atoms with Gasteiger partial charge in [-0.25, -0.2) is 4.79 Å². The third-order valence-corrected chi connectivity index (χ3v) is 6.48. The molecule has 1 N–H and O–H groups in total. The van der Waals surface area contributed by atoms with Crippen LogP contribution in [-0.4, -0.2) is 53.1 Å². The van der Waals surface area contributed by atoms with Gasteiger partial charge >= 0.3 is 23.9 Å². The summed E-state index contributed by atoms with van der Waals surface area (Å²) >= 11 is 0. The molecule has 4 fully saturated rings. The van der Waals surface area contributed by atoms with Crippen molar-refractivity contribution in [3.05, 3.63) is 0 Å². The Morgan fingerprint density at radius 2 is 1.85 bits per heavy atom. The van der Waals surface area contributed by atoms with E-state index in [0.717, 1.165) is 6.92 Å². The number of aliphatic hydroxyl groups is 1. The van der Waals surface area contributed by atoms with Gasteiger partial charge in [0.2, 0.25) is 6.10 Å². The maximum atomic E-state index is 12.9. The lowest BCUT2D eigenvalue weighted by molar-refractivity contribution is -0.229. The van der Waals surface area contributed by atoms with Crippen molar-refractivity contribution in [3.63, 3.8) is 0 Å². The van der Waals surface area contributed by atoms with Crippen molar-refractivity contribution in [1.29, 1.82) is 0 Å². The third kappa shape index (κ3) is 1.53. The molecule has 0 aromatic rings. The predicted octanol–water partition coefficient (Wildman–Crippen LogP) is -0.173. The Bertz CT molecular complexity index is 752. The van der Waals surface area contributed by atoms with E-state index in [1.54, 1.807) is 20.8 Å². The van der Waals surface area contributed by atoms with Crippen molar-refractivity contribution >= 4 is 23.9 Å². The van der Waals surface area contributed by atoms with Gasteiger partial charge in [-0.05, 0) is 5.41 Å². The third-order valence-electron chi connectivity index (χ3n) is 6.48. The molecular weight excluding hydrogens is 348 g/mol. The molecule has 9 nitrogen and oxygen atoms in total. The minimum Gasteiger partial charge on any atom is -0.461 e. The molecule has 9 heteroatoms. The average molecular weight is 368 g/mol. The Labute approximate surface area is 148 Å². The fourth-order valence-corrected chi connectivity index (χ4v) is 5.43. The predicted molar refractivity (Wildman–Crippen MR) is 79.9 cm³/mol. The molecule has 3 heterocycles. The molecule has 26 heavy (non-hydrogen) atoms. The smallest absolute Gasteiger partial charge is 0.351 e. The monoisotopic (exact) mass is 368 g/mol. The zero-order valence-electron chi connectivity index (χ0n) is 14.9. The molecule has 3 saturated heterocycles. The summed E-state index contributed by atoms with van der Waals surface area (Å²) in [4.78, 5) is 49.1. The van der Waals surface area contributed by atoms with Gasteiger partial charge in [-0.2, -0.15) is 0 Å². The van der Waals surface area contributed by atoms with Crippen LogP contribution >= 0.6 is 0 Å².